The molecule has 0 aliphatic carbocycles. The van der Waals surface area contributed by atoms with E-state index in [0.29, 0.717) is 12.8 Å². The molecule has 2 N–H and O–H groups in total. The Kier molecular flexibility index (Phi) is 2.82. The van der Waals surface area contributed by atoms with Crippen LogP contribution in [0.25, 0.3) is 0 Å². The van der Waals surface area contributed by atoms with Gasteiger partial charge in [0.1, 0.15) is 0 Å². The third-order valence-corrected chi connectivity index (χ3v) is 2.45. The van der Waals surface area contributed by atoms with Gasteiger partial charge in [-0.1, -0.05) is 30.3 Å². The maximum atomic E-state index is 9.47. The maximum Gasteiger partial charge on any atom is 0.157 e. The van der Waals surface area contributed by atoms with Crippen LogP contribution in [0.3, 0.4) is 0 Å². The summed E-state index contributed by atoms with van der Waals surface area (Å²) in [6.45, 7) is 0. The van der Waals surface area contributed by atoms with Crippen molar-refractivity contribution in [1.82, 2.24) is 0 Å². The Bertz CT molecular complexity index is 276. The van der Waals surface area contributed by atoms with Crippen LogP contribution >= 0.6 is 0 Å². The Morgan fingerprint density at radius 2 is 1.79 bits per heavy atom. The SMILES string of the molecule is OC1C[C@@H](O)C[C@@H](c2ccccc2)O1. The smallest absolute Gasteiger partial charge is 0.157 e. The van der Waals surface area contributed by atoms with Gasteiger partial charge in [-0.05, 0) is 5.56 Å². The molecule has 0 spiro atoms. The fourth-order valence-electron chi connectivity index (χ4n) is 1.76. The normalized spacial score (nSPS) is 32.9. The largest absolute Gasteiger partial charge is 0.393 e. The summed E-state index contributed by atoms with van der Waals surface area (Å²) < 4.78 is 5.34. The topological polar surface area (TPSA) is 49.7 Å². The first kappa shape index (κ1) is 9.65. The lowest BCUT2D eigenvalue weighted by atomic mass is 9.99. The van der Waals surface area contributed by atoms with E-state index in [0.717, 1.165) is 5.56 Å². The van der Waals surface area contributed by atoms with Crippen molar-refractivity contribution in [2.24, 2.45) is 0 Å². The molecule has 1 fully saturated rings. The van der Waals surface area contributed by atoms with Gasteiger partial charge in [-0.3, -0.25) is 0 Å². The number of aliphatic hydroxyl groups excluding tert-OH is 2. The lowest BCUT2D eigenvalue weighted by molar-refractivity contribution is -0.191. The van der Waals surface area contributed by atoms with Crippen molar-refractivity contribution in [3.05, 3.63) is 35.9 Å². The summed E-state index contributed by atoms with van der Waals surface area (Å²) in [6, 6.07) is 9.65. The average Bonchev–Trinajstić information content (AvgIpc) is 2.18. The van der Waals surface area contributed by atoms with Crippen LogP contribution in [0.5, 0.6) is 0 Å². The summed E-state index contributed by atoms with van der Waals surface area (Å²) >= 11 is 0. The zero-order chi connectivity index (χ0) is 9.97. The second-order valence-corrected chi connectivity index (χ2v) is 3.62. The molecule has 0 saturated carbocycles. The molecule has 0 radical (unpaired) electrons. The predicted octanol–water partition coefficient (Wildman–Crippen LogP) is 1.22. The van der Waals surface area contributed by atoms with Crippen LogP contribution in [-0.2, 0) is 4.74 Å². The number of benzene rings is 1. The Hall–Kier alpha value is -0.900. The lowest BCUT2D eigenvalue weighted by Crippen LogP contribution is -2.30. The zero-order valence-electron chi connectivity index (χ0n) is 7.84. The Morgan fingerprint density at radius 3 is 2.43 bits per heavy atom. The van der Waals surface area contributed by atoms with Crippen molar-refractivity contribution in [3.63, 3.8) is 0 Å². The van der Waals surface area contributed by atoms with E-state index in [-0.39, 0.29) is 6.10 Å². The van der Waals surface area contributed by atoms with Crippen LogP contribution in [0.2, 0.25) is 0 Å². The molecule has 1 aromatic carbocycles. The quantitative estimate of drug-likeness (QED) is 0.706. The van der Waals surface area contributed by atoms with Crippen molar-refractivity contribution in [2.75, 3.05) is 0 Å². The number of ether oxygens (including phenoxy) is 1. The number of rotatable bonds is 1. The van der Waals surface area contributed by atoms with Gasteiger partial charge in [0.05, 0.1) is 12.2 Å². The van der Waals surface area contributed by atoms with Crippen LogP contribution in [0.15, 0.2) is 30.3 Å². The monoisotopic (exact) mass is 194 g/mol. The van der Waals surface area contributed by atoms with Crippen molar-refractivity contribution < 1.29 is 14.9 Å². The van der Waals surface area contributed by atoms with Gasteiger partial charge in [0, 0.05) is 12.8 Å². The molecular weight excluding hydrogens is 180 g/mol. The maximum absolute atomic E-state index is 9.47. The van der Waals surface area contributed by atoms with E-state index in [4.69, 9.17) is 4.74 Å². The second kappa shape index (κ2) is 4.09. The molecule has 1 aliphatic heterocycles. The number of hydrogen-bond acceptors (Lipinski definition) is 3. The highest BCUT2D eigenvalue weighted by atomic mass is 16.6. The van der Waals surface area contributed by atoms with E-state index in [9.17, 15) is 10.2 Å². The molecule has 0 amide bonds. The predicted molar refractivity (Wildman–Crippen MR) is 51.5 cm³/mol. The van der Waals surface area contributed by atoms with Crippen LogP contribution < -0.4 is 0 Å². The molecule has 0 bridgehead atoms. The van der Waals surface area contributed by atoms with E-state index >= 15 is 0 Å². The lowest BCUT2D eigenvalue weighted by Gasteiger charge is -2.30. The summed E-state index contributed by atoms with van der Waals surface area (Å²) in [5, 5.41) is 18.8. The highest BCUT2D eigenvalue weighted by molar-refractivity contribution is 5.18. The van der Waals surface area contributed by atoms with Crippen LogP contribution in [0.4, 0.5) is 0 Å². The van der Waals surface area contributed by atoms with E-state index in [2.05, 4.69) is 0 Å². The van der Waals surface area contributed by atoms with Gasteiger partial charge in [-0.25, -0.2) is 0 Å². The second-order valence-electron chi connectivity index (χ2n) is 3.62. The van der Waals surface area contributed by atoms with E-state index in [1.807, 2.05) is 30.3 Å². The molecule has 14 heavy (non-hydrogen) atoms. The molecule has 1 aromatic rings. The Labute approximate surface area is 83.0 Å². The highest BCUT2D eigenvalue weighted by Crippen LogP contribution is 2.30. The minimum Gasteiger partial charge on any atom is -0.393 e. The average molecular weight is 194 g/mol. The molecule has 1 aliphatic rings. The summed E-state index contributed by atoms with van der Waals surface area (Å²) in [6.07, 6.45) is -0.632. The summed E-state index contributed by atoms with van der Waals surface area (Å²) in [5.41, 5.74) is 1.00. The molecule has 3 nitrogen and oxygen atoms in total. The molecule has 1 heterocycles. The van der Waals surface area contributed by atoms with Gasteiger partial charge in [0.15, 0.2) is 6.29 Å². The van der Waals surface area contributed by atoms with Gasteiger partial charge in [-0.15, -0.1) is 0 Å². The molecule has 0 aromatic heterocycles. The number of hydrogen-bond donors (Lipinski definition) is 2. The Morgan fingerprint density at radius 1 is 1.07 bits per heavy atom. The standard InChI is InChI=1S/C11H14O3/c12-9-6-10(14-11(13)7-9)8-4-2-1-3-5-8/h1-5,9-13H,6-7H2/t9-,10-,11?/m0/s1. The number of aliphatic hydroxyl groups is 2. The Balaban J connectivity index is 2.11. The fraction of sp³-hybridized carbons (Fsp3) is 0.455. The summed E-state index contributed by atoms with van der Waals surface area (Å²) in [5.74, 6) is 0. The first-order valence-electron chi connectivity index (χ1n) is 4.82. The molecule has 3 heteroatoms. The molecule has 2 rings (SSSR count). The van der Waals surface area contributed by atoms with Crippen molar-refractivity contribution in [2.45, 2.75) is 31.3 Å². The van der Waals surface area contributed by atoms with Gasteiger partial charge < -0.3 is 14.9 Å². The van der Waals surface area contributed by atoms with Crippen LogP contribution in [0.1, 0.15) is 24.5 Å². The van der Waals surface area contributed by atoms with E-state index < -0.39 is 12.4 Å². The molecule has 1 unspecified atom stereocenters. The van der Waals surface area contributed by atoms with Crippen LogP contribution in [-0.4, -0.2) is 22.6 Å². The molecule has 1 saturated heterocycles. The third kappa shape index (κ3) is 2.12. The first-order chi connectivity index (χ1) is 6.75. The first-order valence-corrected chi connectivity index (χ1v) is 4.82. The molecule has 76 valence electrons. The highest BCUT2D eigenvalue weighted by Gasteiger charge is 2.27. The fourth-order valence-corrected chi connectivity index (χ4v) is 1.76. The van der Waals surface area contributed by atoms with Crippen LogP contribution in [0, 0.1) is 0 Å². The molecular formula is C11H14O3. The minimum absolute atomic E-state index is 0.185. The van der Waals surface area contributed by atoms with Crippen molar-refractivity contribution in [1.29, 1.82) is 0 Å². The van der Waals surface area contributed by atoms with Gasteiger partial charge in [0.25, 0.3) is 0 Å². The van der Waals surface area contributed by atoms with E-state index in [1.165, 1.54) is 0 Å². The van der Waals surface area contributed by atoms with Gasteiger partial charge >= 0.3 is 0 Å². The third-order valence-electron chi connectivity index (χ3n) is 2.45. The minimum atomic E-state index is -0.844. The van der Waals surface area contributed by atoms with Gasteiger partial charge in [-0.2, -0.15) is 0 Å². The summed E-state index contributed by atoms with van der Waals surface area (Å²) in [4.78, 5) is 0. The van der Waals surface area contributed by atoms with Crippen molar-refractivity contribution in [3.8, 4) is 0 Å². The van der Waals surface area contributed by atoms with Gasteiger partial charge in [0.2, 0.25) is 0 Å². The molecule has 3 atom stereocenters. The summed E-state index contributed by atoms with van der Waals surface area (Å²) in [7, 11) is 0. The zero-order valence-corrected chi connectivity index (χ0v) is 7.84. The van der Waals surface area contributed by atoms with E-state index in [1.54, 1.807) is 0 Å². The van der Waals surface area contributed by atoms with Crippen molar-refractivity contribution >= 4 is 0 Å².